The second kappa shape index (κ2) is 7.08. The number of fused-ring (bicyclic) bond motifs is 1. The smallest absolute Gasteiger partial charge is 0.270 e. The number of carbonyl (C=O) groups excluding carboxylic acids is 2. The zero-order chi connectivity index (χ0) is 18.1. The Morgan fingerprint density at radius 2 is 1.73 bits per heavy atom. The Morgan fingerprint density at radius 3 is 2.42 bits per heavy atom. The number of hydrogen-bond donors (Lipinski definition) is 1. The number of nitrogens with zero attached hydrogens (tertiary/aromatic N) is 1. The molecule has 0 spiro atoms. The van der Waals surface area contributed by atoms with Crippen molar-refractivity contribution in [2.24, 2.45) is 5.92 Å². The van der Waals surface area contributed by atoms with Crippen LogP contribution in [0.3, 0.4) is 0 Å². The molecule has 1 fully saturated rings. The molecule has 1 aliphatic rings. The maximum absolute atomic E-state index is 12.8. The molecule has 3 aromatic rings. The zero-order valence-corrected chi connectivity index (χ0v) is 15.8. The van der Waals surface area contributed by atoms with Crippen molar-refractivity contribution in [2.45, 2.75) is 12.8 Å². The minimum Gasteiger partial charge on any atom is -0.350 e. The molecule has 1 aromatic heterocycles. The van der Waals surface area contributed by atoms with Crippen LogP contribution in [0, 0.1) is 5.92 Å². The molecule has 1 saturated heterocycles. The van der Waals surface area contributed by atoms with E-state index >= 15 is 0 Å². The van der Waals surface area contributed by atoms with Crippen molar-refractivity contribution in [3.05, 3.63) is 70.3 Å². The van der Waals surface area contributed by atoms with E-state index < -0.39 is 0 Å². The Morgan fingerprint density at radius 1 is 1.00 bits per heavy atom. The molecule has 4 nitrogen and oxygen atoms in total. The number of likely N-dealkylation sites (tertiary alicyclic amines) is 1. The summed E-state index contributed by atoms with van der Waals surface area (Å²) in [6, 6.07) is 17.2. The lowest BCUT2D eigenvalue weighted by Crippen LogP contribution is -2.40. The number of aromatic amines is 1. The van der Waals surface area contributed by atoms with E-state index in [4.69, 9.17) is 0 Å². The number of hydrogen-bond acceptors (Lipinski definition) is 2. The van der Waals surface area contributed by atoms with Crippen molar-refractivity contribution in [1.29, 1.82) is 0 Å². The van der Waals surface area contributed by atoms with Crippen molar-refractivity contribution < 1.29 is 9.59 Å². The van der Waals surface area contributed by atoms with Gasteiger partial charge in [-0.25, -0.2) is 0 Å². The molecule has 26 heavy (non-hydrogen) atoms. The van der Waals surface area contributed by atoms with Crippen molar-refractivity contribution in [2.75, 3.05) is 13.1 Å². The Kier molecular flexibility index (Phi) is 4.64. The Balaban J connectivity index is 1.44. The van der Waals surface area contributed by atoms with Crippen LogP contribution in [0.25, 0.3) is 10.9 Å². The van der Waals surface area contributed by atoms with Gasteiger partial charge in [-0.05, 0) is 31.0 Å². The Hall–Kier alpha value is -2.40. The van der Waals surface area contributed by atoms with Crippen LogP contribution in [0.5, 0.6) is 0 Å². The molecule has 0 unspecified atom stereocenters. The molecule has 2 heterocycles. The summed E-state index contributed by atoms with van der Waals surface area (Å²) < 4.78 is 0.970. The summed E-state index contributed by atoms with van der Waals surface area (Å²) in [7, 11) is 0. The van der Waals surface area contributed by atoms with Gasteiger partial charge in [0.15, 0.2) is 5.78 Å². The summed E-state index contributed by atoms with van der Waals surface area (Å²) in [5.74, 6) is 0.185. The quantitative estimate of drug-likeness (QED) is 0.637. The highest BCUT2D eigenvalue weighted by molar-refractivity contribution is 9.10. The predicted octanol–water partition coefficient (Wildman–Crippen LogP) is 4.67. The van der Waals surface area contributed by atoms with Crippen molar-refractivity contribution in [3.63, 3.8) is 0 Å². The van der Waals surface area contributed by atoms with Crippen molar-refractivity contribution in [3.8, 4) is 0 Å². The molecule has 0 atom stereocenters. The standard InChI is InChI=1S/C21H19BrN2O2/c22-17-7-4-8-18-16(17)13-19(23-18)21(26)24-11-9-15(10-12-24)20(25)14-5-2-1-3-6-14/h1-8,13,15,23H,9-12H2. The minimum atomic E-state index is -0.00157. The number of ketones is 1. The van der Waals surface area contributed by atoms with Crippen LogP contribution in [-0.2, 0) is 0 Å². The van der Waals surface area contributed by atoms with Crippen LogP contribution in [0.4, 0.5) is 0 Å². The summed E-state index contributed by atoms with van der Waals surface area (Å²) in [6.07, 6.45) is 1.42. The van der Waals surface area contributed by atoms with Crippen LogP contribution >= 0.6 is 15.9 Å². The third-order valence-electron chi connectivity index (χ3n) is 5.05. The molecule has 0 saturated carbocycles. The molecular weight excluding hydrogens is 392 g/mol. The summed E-state index contributed by atoms with van der Waals surface area (Å²) in [5, 5.41) is 1.00. The number of piperidine rings is 1. The number of H-pyrrole nitrogens is 1. The van der Waals surface area contributed by atoms with Gasteiger partial charge in [-0.15, -0.1) is 0 Å². The van der Waals surface area contributed by atoms with Crippen LogP contribution in [0.15, 0.2) is 59.1 Å². The molecule has 1 amide bonds. The summed E-state index contributed by atoms with van der Waals surface area (Å²) in [4.78, 5) is 30.5. The number of Topliss-reactive ketones (excluding diaryl/α,β-unsaturated/α-hetero) is 1. The van der Waals surface area contributed by atoms with Crippen LogP contribution in [0.2, 0.25) is 0 Å². The van der Waals surface area contributed by atoms with E-state index in [2.05, 4.69) is 20.9 Å². The fourth-order valence-corrected chi connectivity index (χ4v) is 4.07. The highest BCUT2D eigenvalue weighted by atomic mass is 79.9. The maximum Gasteiger partial charge on any atom is 0.270 e. The summed E-state index contributed by atoms with van der Waals surface area (Å²) in [5.41, 5.74) is 2.30. The number of nitrogens with one attached hydrogen (secondary N) is 1. The average Bonchev–Trinajstić information content (AvgIpc) is 3.13. The van der Waals surface area contributed by atoms with E-state index in [0.29, 0.717) is 31.6 Å². The fourth-order valence-electron chi connectivity index (χ4n) is 3.59. The largest absolute Gasteiger partial charge is 0.350 e. The van der Waals surface area contributed by atoms with E-state index in [1.54, 1.807) is 0 Å². The third kappa shape index (κ3) is 3.19. The number of aromatic nitrogens is 1. The highest BCUT2D eigenvalue weighted by Crippen LogP contribution is 2.27. The van der Waals surface area contributed by atoms with Gasteiger partial charge in [0.2, 0.25) is 0 Å². The first-order valence-electron chi connectivity index (χ1n) is 8.79. The van der Waals surface area contributed by atoms with Gasteiger partial charge in [0, 0.05) is 39.9 Å². The Labute approximate surface area is 160 Å². The topological polar surface area (TPSA) is 53.2 Å². The predicted molar refractivity (Wildman–Crippen MR) is 105 cm³/mol. The molecule has 0 bridgehead atoms. The number of amides is 1. The second-order valence-electron chi connectivity index (χ2n) is 6.68. The molecule has 5 heteroatoms. The van der Waals surface area contributed by atoms with Crippen molar-refractivity contribution >= 4 is 38.5 Å². The molecule has 132 valence electrons. The van der Waals surface area contributed by atoms with Crippen LogP contribution in [-0.4, -0.2) is 34.7 Å². The first-order valence-corrected chi connectivity index (χ1v) is 9.58. The first-order chi connectivity index (χ1) is 12.6. The van der Waals surface area contributed by atoms with Gasteiger partial charge in [0.25, 0.3) is 5.91 Å². The molecule has 0 aliphatic carbocycles. The van der Waals surface area contributed by atoms with Crippen LogP contribution in [0.1, 0.15) is 33.7 Å². The molecule has 2 aromatic carbocycles. The average molecular weight is 411 g/mol. The number of halogens is 1. The van der Waals surface area contributed by atoms with E-state index in [1.165, 1.54) is 0 Å². The monoisotopic (exact) mass is 410 g/mol. The number of rotatable bonds is 3. The molecule has 4 rings (SSSR count). The number of benzene rings is 2. The van der Waals surface area contributed by atoms with Crippen LogP contribution < -0.4 is 0 Å². The second-order valence-corrected chi connectivity index (χ2v) is 7.54. The lowest BCUT2D eigenvalue weighted by molar-refractivity contribution is 0.0646. The maximum atomic E-state index is 12.8. The molecule has 0 radical (unpaired) electrons. The van der Waals surface area contributed by atoms with E-state index in [9.17, 15) is 9.59 Å². The first kappa shape index (κ1) is 17.0. The Bertz CT molecular complexity index is 957. The minimum absolute atomic E-state index is 0.00119. The van der Waals surface area contributed by atoms with Gasteiger partial charge >= 0.3 is 0 Å². The zero-order valence-electron chi connectivity index (χ0n) is 14.2. The lowest BCUT2D eigenvalue weighted by atomic mass is 9.89. The molecular formula is C21H19BrN2O2. The highest BCUT2D eigenvalue weighted by Gasteiger charge is 2.29. The van der Waals surface area contributed by atoms with Crippen molar-refractivity contribution in [1.82, 2.24) is 9.88 Å². The van der Waals surface area contributed by atoms with Gasteiger partial charge < -0.3 is 9.88 Å². The van der Waals surface area contributed by atoms with E-state index in [1.807, 2.05) is 59.5 Å². The van der Waals surface area contributed by atoms with Gasteiger partial charge in [0.05, 0.1) is 0 Å². The molecule has 1 aliphatic heterocycles. The summed E-state index contributed by atoms with van der Waals surface area (Å²) in [6.45, 7) is 1.22. The van der Waals surface area contributed by atoms with Gasteiger partial charge in [0.1, 0.15) is 5.69 Å². The summed E-state index contributed by atoms with van der Waals surface area (Å²) >= 11 is 3.52. The van der Waals surface area contributed by atoms with Gasteiger partial charge in [-0.1, -0.05) is 52.3 Å². The molecule has 1 N–H and O–H groups in total. The normalized spacial score (nSPS) is 15.3. The third-order valence-corrected chi connectivity index (χ3v) is 5.74. The lowest BCUT2D eigenvalue weighted by Gasteiger charge is -2.31. The SMILES string of the molecule is O=C(c1ccccc1)C1CCN(C(=O)c2cc3c(Br)cccc3[nH]2)CC1. The van der Waals surface area contributed by atoms with Gasteiger partial charge in [-0.2, -0.15) is 0 Å². The van der Waals surface area contributed by atoms with Gasteiger partial charge in [-0.3, -0.25) is 9.59 Å². The van der Waals surface area contributed by atoms with E-state index in [-0.39, 0.29) is 17.6 Å². The number of carbonyl (C=O) groups is 2. The van der Waals surface area contributed by atoms with E-state index in [0.717, 1.165) is 20.9 Å². The fraction of sp³-hybridized carbons (Fsp3) is 0.238.